The molecule has 0 unspecified atom stereocenters. The number of carbonyl (C=O) groups is 1. The average molecular weight is 420 g/mol. The molecule has 1 saturated heterocycles. The number of primary amides is 1. The first kappa shape index (κ1) is 18.8. The number of nitrogens with zero attached hydrogens (tertiary/aromatic N) is 3. The zero-order chi connectivity index (χ0) is 19.8. The summed E-state index contributed by atoms with van der Waals surface area (Å²) < 4.78 is 13.5. The van der Waals surface area contributed by atoms with Gasteiger partial charge in [0.25, 0.3) is 5.91 Å². The lowest BCUT2D eigenvalue weighted by molar-refractivity contribution is 0.100. The van der Waals surface area contributed by atoms with Crippen molar-refractivity contribution in [3.05, 3.63) is 46.2 Å². The van der Waals surface area contributed by atoms with Crippen LogP contribution in [0.2, 0.25) is 5.02 Å². The van der Waals surface area contributed by atoms with Crippen molar-refractivity contribution in [1.29, 1.82) is 0 Å². The number of benzene rings is 1. The maximum atomic E-state index is 13.5. The number of aromatic nitrogens is 1. The van der Waals surface area contributed by atoms with Gasteiger partial charge >= 0.3 is 0 Å². The first-order valence-corrected chi connectivity index (χ1v) is 10.1. The second-order valence-electron chi connectivity index (χ2n) is 6.65. The topological polar surface area (TPSA) is 88.5 Å². The highest BCUT2D eigenvalue weighted by atomic mass is 35.5. The Morgan fingerprint density at radius 2 is 1.93 bits per heavy atom. The molecule has 1 aliphatic heterocycles. The van der Waals surface area contributed by atoms with Crippen LogP contribution in [0.4, 0.5) is 21.5 Å². The van der Waals surface area contributed by atoms with E-state index in [0.29, 0.717) is 15.4 Å². The lowest BCUT2D eigenvalue weighted by Gasteiger charge is -2.25. The van der Waals surface area contributed by atoms with E-state index in [2.05, 4.69) is 14.8 Å². The third-order valence-electron chi connectivity index (χ3n) is 4.94. The molecule has 0 radical (unpaired) electrons. The van der Waals surface area contributed by atoms with Gasteiger partial charge in [0.15, 0.2) is 0 Å². The van der Waals surface area contributed by atoms with E-state index in [4.69, 9.17) is 23.1 Å². The van der Waals surface area contributed by atoms with Crippen LogP contribution >= 0.6 is 22.9 Å². The molecule has 1 amide bonds. The molecule has 9 heteroatoms. The van der Waals surface area contributed by atoms with Gasteiger partial charge in [-0.05, 0) is 30.7 Å². The van der Waals surface area contributed by atoms with Gasteiger partial charge in [-0.15, -0.1) is 11.3 Å². The summed E-state index contributed by atoms with van der Waals surface area (Å²) in [6, 6.07) is 6.72. The summed E-state index contributed by atoms with van der Waals surface area (Å²) in [6.45, 7) is 3.15. The Bertz CT molecular complexity index is 1060. The van der Waals surface area contributed by atoms with Crippen LogP contribution in [-0.4, -0.2) is 37.1 Å². The van der Waals surface area contributed by atoms with E-state index in [0.717, 1.165) is 49.4 Å². The molecule has 2 aromatic heterocycles. The van der Waals surface area contributed by atoms with Crippen molar-refractivity contribution in [3.63, 3.8) is 0 Å². The predicted molar refractivity (Wildman–Crippen MR) is 113 cm³/mol. The van der Waals surface area contributed by atoms with E-state index in [1.54, 1.807) is 18.3 Å². The molecule has 3 heterocycles. The van der Waals surface area contributed by atoms with E-state index >= 15 is 0 Å². The molecule has 0 bridgehead atoms. The normalized spacial score (nSPS) is 15.1. The summed E-state index contributed by atoms with van der Waals surface area (Å²) in [5, 5.41) is 0.902. The van der Waals surface area contributed by atoms with Crippen LogP contribution in [-0.2, 0) is 0 Å². The van der Waals surface area contributed by atoms with Gasteiger partial charge in [0.2, 0.25) is 0 Å². The number of anilines is 3. The number of nitrogens with two attached hydrogens (primary N) is 2. The summed E-state index contributed by atoms with van der Waals surface area (Å²) in [5.74, 6) is -0.957. The maximum Gasteiger partial charge on any atom is 0.260 e. The third-order valence-corrected chi connectivity index (χ3v) is 6.35. The Labute approximate surface area is 170 Å². The smallest absolute Gasteiger partial charge is 0.260 e. The minimum atomic E-state index is -0.540. The number of hydrogen-bond acceptors (Lipinski definition) is 6. The molecule has 4 N–H and O–H groups in total. The molecule has 0 saturated carbocycles. The van der Waals surface area contributed by atoms with Crippen molar-refractivity contribution >= 4 is 56.1 Å². The van der Waals surface area contributed by atoms with Gasteiger partial charge in [-0.1, -0.05) is 11.6 Å². The number of fused-ring (bicyclic) bond motifs is 1. The Morgan fingerprint density at radius 1 is 1.18 bits per heavy atom. The number of rotatable bonds is 3. The van der Waals surface area contributed by atoms with Crippen molar-refractivity contribution in [3.8, 4) is 0 Å². The monoisotopic (exact) mass is 419 g/mol. The van der Waals surface area contributed by atoms with Crippen LogP contribution in [0, 0.1) is 5.82 Å². The molecule has 146 valence electrons. The number of hydrogen-bond donors (Lipinski definition) is 2. The van der Waals surface area contributed by atoms with Gasteiger partial charge in [-0.25, -0.2) is 9.37 Å². The van der Waals surface area contributed by atoms with Gasteiger partial charge in [-0.3, -0.25) is 4.79 Å². The van der Waals surface area contributed by atoms with Crippen LogP contribution in [0.5, 0.6) is 0 Å². The maximum absolute atomic E-state index is 13.5. The van der Waals surface area contributed by atoms with Crippen LogP contribution < -0.4 is 21.3 Å². The fraction of sp³-hybridized carbons (Fsp3) is 0.263. The largest absolute Gasteiger partial charge is 0.397 e. The van der Waals surface area contributed by atoms with E-state index in [1.165, 1.54) is 17.4 Å². The van der Waals surface area contributed by atoms with Crippen molar-refractivity contribution < 1.29 is 9.18 Å². The molecule has 4 rings (SSSR count). The highest BCUT2D eigenvalue weighted by Gasteiger charge is 2.22. The van der Waals surface area contributed by atoms with E-state index in [9.17, 15) is 9.18 Å². The summed E-state index contributed by atoms with van der Waals surface area (Å²) in [6.07, 6.45) is 2.63. The predicted octanol–water partition coefficient (Wildman–Crippen LogP) is 3.49. The third kappa shape index (κ3) is 3.33. The minimum absolute atomic E-state index is 0.125. The number of halogens is 2. The standard InChI is InChI=1S/C19H19ClFN5OS/c20-12-10-11(2-3-13(12)21)25-6-1-7-26(9-8-25)14-4-5-24-19-15(14)16(22)17(28-19)18(23)27/h2-5,10H,1,6-9,22H2,(H2,23,27). The summed E-state index contributed by atoms with van der Waals surface area (Å²) in [7, 11) is 0. The van der Waals surface area contributed by atoms with Gasteiger partial charge < -0.3 is 21.3 Å². The molecular formula is C19H19ClFN5OS. The molecular weight excluding hydrogens is 401 g/mol. The average Bonchev–Trinajstić information content (AvgIpc) is 2.86. The summed E-state index contributed by atoms with van der Waals surface area (Å²) >= 11 is 7.16. The Kier molecular flexibility index (Phi) is 4.99. The molecule has 1 aromatic carbocycles. The Hall–Kier alpha value is -2.58. The number of carbonyl (C=O) groups excluding carboxylic acids is 1. The second kappa shape index (κ2) is 7.44. The van der Waals surface area contributed by atoms with Gasteiger partial charge in [0.1, 0.15) is 15.5 Å². The van der Waals surface area contributed by atoms with Crippen molar-refractivity contribution in [2.24, 2.45) is 5.73 Å². The van der Waals surface area contributed by atoms with Crippen molar-refractivity contribution in [2.75, 3.05) is 41.7 Å². The molecule has 0 aliphatic carbocycles. The van der Waals surface area contributed by atoms with Gasteiger partial charge in [-0.2, -0.15) is 0 Å². The number of amides is 1. The minimum Gasteiger partial charge on any atom is -0.397 e. The zero-order valence-electron chi connectivity index (χ0n) is 15.0. The SMILES string of the molecule is NC(=O)c1sc2nccc(N3CCCN(c4ccc(F)c(Cl)c4)CC3)c2c1N. The fourth-order valence-corrected chi connectivity index (χ4v) is 4.68. The summed E-state index contributed by atoms with van der Waals surface area (Å²) in [4.78, 5) is 21.5. The lowest BCUT2D eigenvalue weighted by Crippen LogP contribution is -2.30. The summed E-state index contributed by atoms with van der Waals surface area (Å²) in [5.41, 5.74) is 13.9. The highest BCUT2D eigenvalue weighted by Crippen LogP contribution is 2.38. The van der Waals surface area contributed by atoms with Crippen LogP contribution in [0.1, 0.15) is 16.1 Å². The Balaban J connectivity index is 1.63. The van der Waals surface area contributed by atoms with Gasteiger partial charge in [0, 0.05) is 38.1 Å². The van der Waals surface area contributed by atoms with Crippen LogP contribution in [0.25, 0.3) is 10.2 Å². The molecule has 3 aromatic rings. The molecule has 6 nitrogen and oxygen atoms in total. The molecule has 28 heavy (non-hydrogen) atoms. The number of nitrogen functional groups attached to an aromatic ring is 1. The number of thiophene rings is 1. The lowest BCUT2D eigenvalue weighted by atomic mass is 10.2. The first-order valence-electron chi connectivity index (χ1n) is 8.87. The number of pyridine rings is 1. The van der Waals surface area contributed by atoms with Crippen LogP contribution in [0.15, 0.2) is 30.5 Å². The van der Waals surface area contributed by atoms with Crippen molar-refractivity contribution in [1.82, 2.24) is 4.98 Å². The quantitative estimate of drug-likeness (QED) is 0.678. The highest BCUT2D eigenvalue weighted by molar-refractivity contribution is 7.21. The van der Waals surface area contributed by atoms with Gasteiger partial charge in [0.05, 0.1) is 21.8 Å². The van der Waals surface area contributed by atoms with E-state index in [-0.39, 0.29) is 5.02 Å². The second-order valence-corrected chi connectivity index (χ2v) is 8.05. The fourth-order valence-electron chi connectivity index (χ4n) is 3.57. The molecule has 1 aliphatic rings. The van der Waals surface area contributed by atoms with Crippen LogP contribution in [0.3, 0.4) is 0 Å². The first-order chi connectivity index (χ1) is 13.5. The van der Waals surface area contributed by atoms with E-state index < -0.39 is 11.7 Å². The Morgan fingerprint density at radius 3 is 2.68 bits per heavy atom. The molecule has 1 fully saturated rings. The zero-order valence-corrected chi connectivity index (χ0v) is 16.6. The van der Waals surface area contributed by atoms with E-state index in [1.807, 2.05) is 6.07 Å². The molecule has 0 atom stereocenters. The van der Waals surface area contributed by atoms with Crippen molar-refractivity contribution in [2.45, 2.75) is 6.42 Å². The molecule has 0 spiro atoms.